The molecule has 4 nitrogen and oxygen atoms in total. The van der Waals surface area contributed by atoms with Crippen molar-refractivity contribution in [3.05, 3.63) is 46.7 Å². The van der Waals surface area contributed by atoms with Crippen LogP contribution in [0.15, 0.2) is 30.6 Å². The third-order valence-corrected chi connectivity index (χ3v) is 3.00. The lowest BCUT2D eigenvalue weighted by atomic mass is 10.1. The van der Waals surface area contributed by atoms with E-state index in [1.54, 1.807) is 13.0 Å². The molecule has 0 saturated carbocycles. The fraction of sp³-hybridized carbons (Fsp3) is 0.214. The number of aromatic nitrogens is 2. The number of carbonyl (C=O) groups is 1. The van der Waals surface area contributed by atoms with Crippen LogP contribution in [0, 0.1) is 6.92 Å². The lowest BCUT2D eigenvalue weighted by molar-refractivity contribution is 0.0525. The predicted octanol–water partition coefficient (Wildman–Crippen LogP) is 3.28. The molecule has 1 aromatic heterocycles. The largest absolute Gasteiger partial charge is 0.462 e. The van der Waals surface area contributed by atoms with Gasteiger partial charge in [0, 0.05) is 23.0 Å². The van der Waals surface area contributed by atoms with Crippen LogP contribution in [0.1, 0.15) is 22.8 Å². The zero-order valence-corrected chi connectivity index (χ0v) is 11.4. The molecule has 2 rings (SSSR count). The van der Waals surface area contributed by atoms with Crippen LogP contribution < -0.4 is 0 Å². The standard InChI is InChI=1S/C14H13ClN2O2/c1-3-19-14(18)11-7-16-13(17-8-11)10-5-4-9(2)12(15)6-10/h4-8H,3H2,1-2H3. The van der Waals surface area contributed by atoms with Gasteiger partial charge in [-0.3, -0.25) is 0 Å². The Hall–Kier alpha value is -1.94. The van der Waals surface area contributed by atoms with Crippen molar-refractivity contribution < 1.29 is 9.53 Å². The van der Waals surface area contributed by atoms with Gasteiger partial charge in [-0.25, -0.2) is 14.8 Å². The van der Waals surface area contributed by atoms with Gasteiger partial charge in [0.1, 0.15) is 0 Å². The number of hydrogen-bond acceptors (Lipinski definition) is 4. The molecule has 0 unspecified atom stereocenters. The van der Waals surface area contributed by atoms with Gasteiger partial charge < -0.3 is 4.74 Å². The molecule has 5 heteroatoms. The average molecular weight is 277 g/mol. The Morgan fingerprint density at radius 3 is 2.58 bits per heavy atom. The molecule has 0 N–H and O–H groups in total. The number of rotatable bonds is 3. The van der Waals surface area contributed by atoms with E-state index in [-0.39, 0.29) is 0 Å². The first-order valence-corrected chi connectivity index (χ1v) is 6.25. The zero-order chi connectivity index (χ0) is 13.8. The number of hydrogen-bond donors (Lipinski definition) is 0. The number of esters is 1. The van der Waals surface area contributed by atoms with Crippen LogP contribution in [0.25, 0.3) is 11.4 Å². The van der Waals surface area contributed by atoms with Crippen LogP contribution in [0.3, 0.4) is 0 Å². The topological polar surface area (TPSA) is 52.1 Å². The third kappa shape index (κ3) is 3.09. The van der Waals surface area contributed by atoms with E-state index in [4.69, 9.17) is 16.3 Å². The lowest BCUT2D eigenvalue weighted by Gasteiger charge is -2.04. The van der Waals surface area contributed by atoms with E-state index < -0.39 is 5.97 Å². The second-order valence-corrected chi connectivity index (χ2v) is 4.39. The summed E-state index contributed by atoms with van der Waals surface area (Å²) in [5, 5.41) is 0.663. The van der Waals surface area contributed by atoms with E-state index in [1.165, 1.54) is 12.4 Å². The van der Waals surface area contributed by atoms with E-state index >= 15 is 0 Å². The van der Waals surface area contributed by atoms with Gasteiger partial charge in [-0.15, -0.1) is 0 Å². The molecule has 2 aromatic rings. The fourth-order valence-electron chi connectivity index (χ4n) is 1.53. The van der Waals surface area contributed by atoms with Crippen molar-refractivity contribution in [2.75, 3.05) is 6.61 Å². The van der Waals surface area contributed by atoms with Gasteiger partial charge in [0.05, 0.1) is 12.2 Å². The molecular formula is C14H13ClN2O2. The smallest absolute Gasteiger partial charge is 0.341 e. The first-order valence-electron chi connectivity index (χ1n) is 5.87. The fourth-order valence-corrected chi connectivity index (χ4v) is 1.71. The Labute approximate surface area is 116 Å². The highest BCUT2D eigenvalue weighted by molar-refractivity contribution is 6.31. The summed E-state index contributed by atoms with van der Waals surface area (Å²) in [6.07, 6.45) is 2.90. The predicted molar refractivity (Wildman–Crippen MR) is 73.2 cm³/mol. The highest BCUT2D eigenvalue weighted by Crippen LogP contribution is 2.22. The molecule has 0 amide bonds. The molecule has 0 fully saturated rings. The van der Waals surface area contributed by atoms with Crippen molar-refractivity contribution >= 4 is 17.6 Å². The molecular weight excluding hydrogens is 264 g/mol. The van der Waals surface area contributed by atoms with Crippen molar-refractivity contribution in [1.29, 1.82) is 0 Å². The highest BCUT2D eigenvalue weighted by Gasteiger charge is 2.09. The summed E-state index contributed by atoms with van der Waals surface area (Å²) in [6.45, 7) is 4.01. The van der Waals surface area contributed by atoms with Crippen LogP contribution >= 0.6 is 11.6 Å². The van der Waals surface area contributed by atoms with Crippen LogP contribution in [0.4, 0.5) is 0 Å². The normalized spacial score (nSPS) is 10.3. The van der Waals surface area contributed by atoms with Crippen LogP contribution in [-0.2, 0) is 4.74 Å². The minimum Gasteiger partial charge on any atom is -0.462 e. The number of benzene rings is 1. The summed E-state index contributed by atoms with van der Waals surface area (Å²) in [6, 6.07) is 5.59. The second-order valence-electron chi connectivity index (χ2n) is 3.98. The van der Waals surface area contributed by atoms with Crippen molar-refractivity contribution in [2.24, 2.45) is 0 Å². The van der Waals surface area contributed by atoms with Crippen molar-refractivity contribution in [3.8, 4) is 11.4 Å². The number of ether oxygens (including phenoxy) is 1. The molecule has 0 aliphatic heterocycles. The molecule has 1 aromatic carbocycles. The van der Waals surface area contributed by atoms with E-state index in [0.717, 1.165) is 11.1 Å². The summed E-state index contributed by atoms with van der Waals surface area (Å²) in [5.41, 5.74) is 2.14. The summed E-state index contributed by atoms with van der Waals surface area (Å²) in [4.78, 5) is 19.8. The number of carbonyl (C=O) groups excluding carboxylic acids is 1. The summed E-state index contributed by atoms with van der Waals surface area (Å²) in [5.74, 6) is 0.103. The van der Waals surface area contributed by atoms with E-state index in [9.17, 15) is 4.79 Å². The summed E-state index contributed by atoms with van der Waals surface area (Å²) in [7, 11) is 0. The SMILES string of the molecule is CCOC(=O)c1cnc(-c2ccc(C)c(Cl)c2)nc1. The molecule has 98 valence electrons. The Morgan fingerprint density at radius 1 is 1.32 bits per heavy atom. The minimum atomic E-state index is -0.420. The number of nitrogens with zero attached hydrogens (tertiary/aromatic N) is 2. The Morgan fingerprint density at radius 2 is 2.00 bits per heavy atom. The number of halogens is 1. The molecule has 0 aliphatic rings. The quantitative estimate of drug-likeness (QED) is 0.807. The molecule has 1 heterocycles. The van der Waals surface area contributed by atoms with Gasteiger partial charge in [-0.1, -0.05) is 23.7 Å². The van der Waals surface area contributed by atoms with Crippen LogP contribution in [0.5, 0.6) is 0 Å². The molecule has 0 saturated heterocycles. The zero-order valence-electron chi connectivity index (χ0n) is 10.7. The summed E-state index contributed by atoms with van der Waals surface area (Å²) < 4.78 is 4.87. The molecule has 0 spiro atoms. The first-order chi connectivity index (χ1) is 9.11. The highest BCUT2D eigenvalue weighted by atomic mass is 35.5. The van der Waals surface area contributed by atoms with Crippen LogP contribution in [0.2, 0.25) is 5.02 Å². The van der Waals surface area contributed by atoms with Gasteiger partial charge >= 0.3 is 5.97 Å². The molecule has 19 heavy (non-hydrogen) atoms. The van der Waals surface area contributed by atoms with Gasteiger partial charge in [-0.2, -0.15) is 0 Å². The van der Waals surface area contributed by atoms with Crippen molar-refractivity contribution in [2.45, 2.75) is 13.8 Å². The van der Waals surface area contributed by atoms with Gasteiger partial charge in [0.15, 0.2) is 5.82 Å². The molecule has 0 atom stereocenters. The Bertz CT molecular complexity index is 597. The van der Waals surface area contributed by atoms with Gasteiger partial charge in [0.2, 0.25) is 0 Å². The maximum atomic E-state index is 11.5. The van der Waals surface area contributed by atoms with Crippen LogP contribution in [-0.4, -0.2) is 22.5 Å². The monoisotopic (exact) mass is 276 g/mol. The van der Waals surface area contributed by atoms with Crippen molar-refractivity contribution in [3.63, 3.8) is 0 Å². The first kappa shape index (κ1) is 13.5. The van der Waals surface area contributed by atoms with E-state index in [1.807, 2.05) is 19.1 Å². The second kappa shape index (κ2) is 5.80. The third-order valence-electron chi connectivity index (χ3n) is 2.59. The average Bonchev–Trinajstić information content (AvgIpc) is 2.42. The molecule has 0 aliphatic carbocycles. The Kier molecular flexibility index (Phi) is 4.12. The lowest BCUT2D eigenvalue weighted by Crippen LogP contribution is -2.06. The van der Waals surface area contributed by atoms with Crippen molar-refractivity contribution in [1.82, 2.24) is 9.97 Å². The maximum Gasteiger partial charge on any atom is 0.341 e. The molecule has 0 radical (unpaired) electrons. The van der Waals surface area contributed by atoms with E-state index in [2.05, 4.69) is 9.97 Å². The van der Waals surface area contributed by atoms with Gasteiger partial charge in [-0.05, 0) is 25.5 Å². The minimum absolute atomic E-state index is 0.328. The number of aryl methyl sites for hydroxylation is 1. The Balaban J connectivity index is 2.27. The maximum absolute atomic E-state index is 11.5. The van der Waals surface area contributed by atoms with Gasteiger partial charge in [0.25, 0.3) is 0 Å². The summed E-state index contributed by atoms with van der Waals surface area (Å²) >= 11 is 6.06. The molecule has 0 bridgehead atoms. The van der Waals surface area contributed by atoms with E-state index in [0.29, 0.717) is 23.0 Å².